The Morgan fingerprint density at radius 1 is 1.11 bits per heavy atom. The summed E-state index contributed by atoms with van der Waals surface area (Å²) in [5, 5.41) is 10.1. The lowest BCUT2D eigenvalue weighted by atomic mass is 10.1. The van der Waals surface area contributed by atoms with E-state index in [-0.39, 0.29) is 0 Å². The Kier molecular flexibility index (Phi) is 3.33. The van der Waals surface area contributed by atoms with Crippen LogP contribution in [0.5, 0.6) is 5.75 Å². The van der Waals surface area contributed by atoms with E-state index in [1.54, 1.807) is 0 Å². The zero-order valence-electron chi connectivity index (χ0n) is 10.5. The predicted molar refractivity (Wildman–Crippen MR) is 78.0 cm³/mol. The number of aliphatic hydroxyl groups is 1. The van der Waals surface area contributed by atoms with Crippen LogP contribution in [0, 0.1) is 0 Å². The van der Waals surface area contributed by atoms with Crippen LogP contribution in [0.2, 0.25) is 0 Å². The summed E-state index contributed by atoms with van der Waals surface area (Å²) in [6.45, 7) is 0.545. The van der Waals surface area contributed by atoms with E-state index in [1.807, 2.05) is 48.5 Å². The van der Waals surface area contributed by atoms with Crippen molar-refractivity contribution in [3.8, 4) is 5.75 Å². The van der Waals surface area contributed by atoms with Crippen LogP contribution in [0.3, 0.4) is 0 Å². The van der Waals surface area contributed by atoms with Gasteiger partial charge in [0.25, 0.3) is 0 Å². The first-order valence-electron chi connectivity index (χ1n) is 6.36. The molecule has 0 aliphatic heterocycles. The van der Waals surface area contributed by atoms with Crippen molar-refractivity contribution in [1.29, 1.82) is 0 Å². The van der Waals surface area contributed by atoms with E-state index < -0.39 is 5.60 Å². The van der Waals surface area contributed by atoms with Gasteiger partial charge in [0.2, 0.25) is 0 Å². The molecule has 2 nitrogen and oxygen atoms in total. The molecule has 2 aromatic carbocycles. The summed E-state index contributed by atoms with van der Waals surface area (Å²) >= 11 is 3.50. The maximum atomic E-state index is 10.1. The van der Waals surface area contributed by atoms with E-state index in [1.165, 1.54) is 0 Å². The maximum Gasteiger partial charge on any atom is 0.134 e. The van der Waals surface area contributed by atoms with Crippen LogP contribution in [0.4, 0.5) is 0 Å². The Morgan fingerprint density at radius 2 is 1.84 bits per heavy atom. The molecule has 1 aliphatic rings. The molecule has 1 aliphatic carbocycles. The van der Waals surface area contributed by atoms with Crippen LogP contribution < -0.4 is 4.74 Å². The van der Waals surface area contributed by atoms with Crippen LogP contribution in [0.1, 0.15) is 24.0 Å². The molecular weight excluding hydrogens is 304 g/mol. The number of hydrogen-bond acceptors (Lipinski definition) is 2. The third kappa shape index (κ3) is 2.82. The van der Waals surface area contributed by atoms with Gasteiger partial charge in [-0.15, -0.1) is 0 Å². The van der Waals surface area contributed by atoms with Gasteiger partial charge in [0.05, 0.1) is 10.1 Å². The summed E-state index contributed by atoms with van der Waals surface area (Å²) in [6.07, 6.45) is 1.70. The molecule has 2 aromatic rings. The molecule has 98 valence electrons. The molecule has 0 saturated heterocycles. The monoisotopic (exact) mass is 318 g/mol. The second kappa shape index (κ2) is 4.99. The minimum atomic E-state index is -0.597. The summed E-state index contributed by atoms with van der Waals surface area (Å²) in [5.41, 5.74) is 1.51. The number of halogens is 1. The highest BCUT2D eigenvalue weighted by molar-refractivity contribution is 9.10. The largest absolute Gasteiger partial charge is 0.488 e. The van der Waals surface area contributed by atoms with Crippen LogP contribution in [0.15, 0.2) is 53.0 Å². The quantitative estimate of drug-likeness (QED) is 0.923. The van der Waals surface area contributed by atoms with Gasteiger partial charge in [-0.25, -0.2) is 0 Å². The highest BCUT2D eigenvalue weighted by atomic mass is 79.9. The molecule has 0 bridgehead atoms. The lowest BCUT2D eigenvalue weighted by Gasteiger charge is -2.12. The van der Waals surface area contributed by atoms with Gasteiger partial charge < -0.3 is 9.84 Å². The standard InChI is InChI=1S/C16H15BrO2/c17-14-10-13(16(18)8-9-16)6-7-15(14)19-11-12-4-2-1-3-5-12/h1-7,10,18H,8-9,11H2. The Bertz CT molecular complexity index is 577. The van der Waals surface area contributed by atoms with Crippen molar-refractivity contribution in [1.82, 2.24) is 0 Å². The number of benzene rings is 2. The highest BCUT2D eigenvalue weighted by Gasteiger charge is 2.42. The van der Waals surface area contributed by atoms with Gasteiger partial charge in [-0.05, 0) is 52.0 Å². The van der Waals surface area contributed by atoms with Gasteiger partial charge in [0, 0.05) is 0 Å². The molecule has 3 heteroatoms. The average molecular weight is 319 g/mol. The van der Waals surface area contributed by atoms with Crippen LogP contribution in [0.25, 0.3) is 0 Å². The molecule has 0 spiro atoms. The lowest BCUT2D eigenvalue weighted by molar-refractivity contribution is 0.151. The average Bonchev–Trinajstić information content (AvgIpc) is 3.18. The van der Waals surface area contributed by atoms with Gasteiger partial charge in [-0.2, -0.15) is 0 Å². The molecule has 3 rings (SSSR count). The topological polar surface area (TPSA) is 29.5 Å². The van der Waals surface area contributed by atoms with Crippen molar-refractivity contribution in [3.63, 3.8) is 0 Å². The molecule has 0 unspecified atom stereocenters. The summed E-state index contributed by atoms with van der Waals surface area (Å²) in [5.74, 6) is 0.803. The van der Waals surface area contributed by atoms with Crippen LogP contribution in [-0.2, 0) is 12.2 Å². The first-order chi connectivity index (χ1) is 9.17. The van der Waals surface area contributed by atoms with Crippen LogP contribution in [-0.4, -0.2) is 5.11 Å². The molecule has 1 N–H and O–H groups in total. The predicted octanol–water partition coefficient (Wildman–Crippen LogP) is 4.01. The Balaban J connectivity index is 1.71. The van der Waals surface area contributed by atoms with E-state index >= 15 is 0 Å². The first kappa shape index (κ1) is 12.7. The van der Waals surface area contributed by atoms with E-state index in [0.29, 0.717) is 6.61 Å². The zero-order chi connectivity index (χ0) is 13.3. The SMILES string of the molecule is OC1(c2ccc(OCc3ccccc3)c(Br)c2)CC1. The van der Waals surface area contributed by atoms with Gasteiger partial charge in [0.1, 0.15) is 12.4 Å². The van der Waals surface area contributed by atoms with Crippen molar-refractivity contribution in [2.75, 3.05) is 0 Å². The fourth-order valence-corrected chi connectivity index (χ4v) is 2.54. The number of rotatable bonds is 4. The molecule has 0 radical (unpaired) electrons. The molecule has 0 atom stereocenters. The fourth-order valence-electron chi connectivity index (χ4n) is 2.05. The second-order valence-electron chi connectivity index (χ2n) is 4.95. The summed E-state index contributed by atoms with van der Waals surface area (Å²) < 4.78 is 6.67. The van der Waals surface area contributed by atoms with Gasteiger partial charge in [0.15, 0.2) is 0 Å². The molecule has 0 aromatic heterocycles. The van der Waals surface area contributed by atoms with Gasteiger partial charge in [-0.1, -0.05) is 36.4 Å². The van der Waals surface area contributed by atoms with Crippen molar-refractivity contribution in [2.24, 2.45) is 0 Å². The minimum absolute atomic E-state index is 0.545. The minimum Gasteiger partial charge on any atom is -0.488 e. The van der Waals surface area contributed by atoms with Crippen molar-refractivity contribution >= 4 is 15.9 Å². The number of hydrogen-bond donors (Lipinski definition) is 1. The summed E-state index contributed by atoms with van der Waals surface area (Å²) in [4.78, 5) is 0. The van der Waals surface area contributed by atoms with Gasteiger partial charge >= 0.3 is 0 Å². The van der Waals surface area contributed by atoms with Crippen LogP contribution >= 0.6 is 15.9 Å². The summed E-state index contributed by atoms with van der Waals surface area (Å²) in [6, 6.07) is 15.9. The number of ether oxygens (including phenoxy) is 1. The van der Waals surface area contributed by atoms with E-state index in [0.717, 1.165) is 34.2 Å². The summed E-state index contributed by atoms with van der Waals surface area (Å²) in [7, 11) is 0. The maximum absolute atomic E-state index is 10.1. The third-order valence-electron chi connectivity index (χ3n) is 3.43. The molecule has 1 fully saturated rings. The molecule has 0 amide bonds. The first-order valence-corrected chi connectivity index (χ1v) is 7.16. The Labute approximate surface area is 121 Å². The fraction of sp³-hybridized carbons (Fsp3) is 0.250. The van der Waals surface area contributed by atoms with Gasteiger partial charge in [-0.3, -0.25) is 0 Å². The zero-order valence-corrected chi connectivity index (χ0v) is 12.1. The van der Waals surface area contributed by atoms with E-state index in [9.17, 15) is 5.11 Å². The Morgan fingerprint density at radius 3 is 2.47 bits per heavy atom. The Hall–Kier alpha value is -1.32. The molecular formula is C16H15BrO2. The molecule has 0 heterocycles. The molecule has 1 saturated carbocycles. The van der Waals surface area contributed by atoms with Crippen molar-refractivity contribution in [2.45, 2.75) is 25.0 Å². The van der Waals surface area contributed by atoms with Crippen molar-refractivity contribution in [3.05, 3.63) is 64.1 Å². The molecule has 19 heavy (non-hydrogen) atoms. The highest BCUT2D eigenvalue weighted by Crippen LogP contribution is 2.46. The third-order valence-corrected chi connectivity index (χ3v) is 4.05. The lowest BCUT2D eigenvalue weighted by Crippen LogP contribution is -2.04. The van der Waals surface area contributed by atoms with E-state index in [4.69, 9.17) is 4.74 Å². The van der Waals surface area contributed by atoms with E-state index in [2.05, 4.69) is 15.9 Å². The smallest absolute Gasteiger partial charge is 0.134 e. The second-order valence-corrected chi connectivity index (χ2v) is 5.81. The normalized spacial score (nSPS) is 16.1. The van der Waals surface area contributed by atoms with Crippen molar-refractivity contribution < 1.29 is 9.84 Å².